The Morgan fingerprint density at radius 1 is 0.879 bits per heavy atom. The van der Waals surface area contributed by atoms with Gasteiger partial charge >= 0.3 is 0 Å². The van der Waals surface area contributed by atoms with Crippen LogP contribution in [-0.2, 0) is 14.3 Å². The Labute approximate surface area is 195 Å². The molecule has 0 aromatic carbocycles. The highest BCUT2D eigenvalue weighted by atomic mass is 16.5. The van der Waals surface area contributed by atoms with Crippen LogP contribution in [-0.4, -0.2) is 46.3 Å². The van der Waals surface area contributed by atoms with Crippen molar-refractivity contribution < 1.29 is 24.5 Å². The first-order chi connectivity index (χ1) is 15.8. The number of ether oxygens (including phenoxy) is 1. The summed E-state index contributed by atoms with van der Waals surface area (Å²) in [6, 6.07) is 0. The van der Waals surface area contributed by atoms with E-state index in [1.54, 1.807) is 55.5 Å². The van der Waals surface area contributed by atoms with Crippen LogP contribution in [0.1, 0.15) is 13.8 Å². The van der Waals surface area contributed by atoms with Gasteiger partial charge in [0.05, 0.1) is 0 Å². The van der Waals surface area contributed by atoms with Gasteiger partial charge in [0, 0.05) is 18.7 Å². The summed E-state index contributed by atoms with van der Waals surface area (Å²) in [5.41, 5.74) is -1.20. The number of aliphatic hydroxyl groups is 2. The van der Waals surface area contributed by atoms with Crippen molar-refractivity contribution in [2.75, 3.05) is 6.54 Å². The number of nitrogens with one attached hydrogen (secondary N) is 1. The summed E-state index contributed by atoms with van der Waals surface area (Å²) in [5.74, 6) is -0.381. The Hall–Kier alpha value is -3.48. The van der Waals surface area contributed by atoms with Gasteiger partial charge in [-0.3, -0.25) is 9.59 Å². The number of hydrogen-bond acceptors (Lipinski definition) is 5. The summed E-state index contributed by atoms with van der Waals surface area (Å²) in [7, 11) is 0. The van der Waals surface area contributed by atoms with E-state index in [1.807, 2.05) is 43.4 Å². The van der Waals surface area contributed by atoms with Crippen molar-refractivity contribution in [3.63, 3.8) is 0 Å². The lowest BCUT2D eigenvalue weighted by Crippen LogP contribution is -2.38. The van der Waals surface area contributed by atoms with Gasteiger partial charge in [-0.1, -0.05) is 85.9 Å². The highest BCUT2D eigenvalue weighted by Gasteiger charge is 2.47. The molecule has 0 aromatic rings. The van der Waals surface area contributed by atoms with Crippen LogP contribution < -0.4 is 5.32 Å². The molecule has 1 amide bonds. The van der Waals surface area contributed by atoms with Crippen molar-refractivity contribution in [3.05, 3.63) is 109 Å². The molecule has 6 heteroatoms. The fourth-order valence-corrected chi connectivity index (χ4v) is 2.98. The van der Waals surface area contributed by atoms with Crippen molar-refractivity contribution in [1.82, 2.24) is 5.32 Å². The molecule has 2 aliphatic rings. The molecular formula is C27H31NO5. The van der Waals surface area contributed by atoms with Gasteiger partial charge in [0.15, 0.2) is 11.4 Å². The molecule has 1 saturated heterocycles. The number of hydrogen-bond donors (Lipinski definition) is 3. The van der Waals surface area contributed by atoms with Crippen LogP contribution in [0.4, 0.5) is 0 Å². The van der Waals surface area contributed by atoms with E-state index in [2.05, 4.69) is 5.32 Å². The van der Waals surface area contributed by atoms with Gasteiger partial charge in [0.2, 0.25) is 5.91 Å². The summed E-state index contributed by atoms with van der Waals surface area (Å²) in [5, 5.41) is 23.5. The summed E-state index contributed by atoms with van der Waals surface area (Å²) in [6.07, 6.45) is 26.0. The van der Waals surface area contributed by atoms with E-state index in [-0.39, 0.29) is 23.4 Å². The van der Waals surface area contributed by atoms with E-state index >= 15 is 0 Å². The van der Waals surface area contributed by atoms with Gasteiger partial charge in [0.25, 0.3) is 0 Å². The second-order valence-electron chi connectivity index (χ2n) is 7.85. The molecule has 0 saturated carbocycles. The quantitative estimate of drug-likeness (QED) is 0.528. The second kappa shape index (κ2) is 13.2. The van der Waals surface area contributed by atoms with E-state index in [4.69, 9.17) is 4.74 Å². The van der Waals surface area contributed by atoms with Crippen LogP contribution in [0.2, 0.25) is 0 Å². The third-order valence-electron chi connectivity index (χ3n) is 4.88. The monoisotopic (exact) mass is 449 g/mol. The molecule has 2 heterocycles. The maximum atomic E-state index is 12.1. The average molecular weight is 450 g/mol. The van der Waals surface area contributed by atoms with E-state index in [0.29, 0.717) is 6.54 Å². The maximum absolute atomic E-state index is 12.1. The van der Waals surface area contributed by atoms with Crippen molar-refractivity contribution in [2.24, 2.45) is 5.92 Å². The smallest absolute Gasteiger partial charge is 0.243 e. The molecule has 2 aliphatic heterocycles. The standard InChI is InChI=1S/C27H31NO5/c1-21-15-11-7-5-3-4-6-8-12-16-22(29)19-23-25(31)26(32)27(2,33-23)18-14-10-9-13-17-24(30)28-20-21/h3-19,21,25-26,31-32H,20H2,1-2H3,(H,28,30)/b4-3-,7-5+,8-6-,10-9-,15-11-,16-12+,17-13-,18-14+,23-19-/t21?,25-,26+,27-/m1/s1. The molecule has 174 valence electrons. The number of carbonyl (C=O) groups excluding carboxylic acids is 2. The Morgan fingerprint density at radius 2 is 1.45 bits per heavy atom. The van der Waals surface area contributed by atoms with Gasteiger partial charge in [-0.2, -0.15) is 0 Å². The first-order valence-corrected chi connectivity index (χ1v) is 10.8. The lowest BCUT2D eigenvalue weighted by atomic mass is 9.96. The first kappa shape index (κ1) is 25.8. The average Bonchev–Trinajstić information content (AvgIpc) is 2.99. The summed E-state index contributed by atoms with van der Waals surface area (Å²) in [4.78, 5) is 24.0. The van der Waals surface area contributed by atoms with Crippen LogP contribution in [0.3, 0.4) is 0 Å². The maximum Gasteiger partial charge on any atom is 0.243 e. The van der Waals surface area contributed by atoms with Crippen molar-refractivity contribution in [3.8, 4) is 0 Å². The zero-order valence-corrected chi connectivity index (χ0v) is 18.9. The summed E-state index contributed by atoms with van der Waals surface area (Å²) in [6.45, 7) is 4.14. The SMILES string of the molecule is CC1\C=C/C=C/C=C\C=C/C=C/C(=O)/C=C2\O[C@](C)(/C=C/C=C\C=C/C(=O)NC1)[C@@H](O)[C@@H]2O. The molecule has 0 aromatic heterocycles. The van der Waals surface area contributed by atoms with Gasteiger partial charge in [-0.05, 0) is 25.0 Å². The molecule has 0 aliphatic carbocycles. The van der Waals surface area contributed by atoms with Gasteiger partial charge in [0.1, 0.15) is 18.0 Å². The zero-order chi connectivity index (χ0) is 24.1. The third kappa shape index (κ3) is 8.88. The third-order valence-corrected chi connectivity index (χ3v) is 4.88. The minimum atomic E-state index is -1.31. The fourth-order valence-electron chi connectivity index (χ4n) is 2.98. The highest BCUT2D eigenvalue weighted by Crippen LogP contribution is 2.34. The van der Waals surface area contributed by atoms with Gasteiger partial charge in [-0.15, -0.1) is 0 Å². The number of rotatable bonds is 0. The summed E-state index contributed by atoms with van der Waals surface area (Å²) < 4.78 is 5.68. The van der Waals surface area contributed by atoms with E-state index in [1.165, 1.54) is 18.2 Å². The van der Waals surface area contributed by atoms with E-state index in [0.717, 1.165) is 0 Å². The lowest BCUT2D eigenvalue weighted by Gasteiger charge is -2.22. The number of amides is 1. The van der Waals surface area contributed by atoms with E-state index < -0.39 is 17.8 Å². The van der Waals surface area contributed by atoms with Crippen molar-refractivity contribution in [1.29, 1.82) is 0 Å². The van der Waals surface area contributed by atoms with Crippen LogP contribution in [0, 0.1) is 5.92 Å². The number of fused-ring (bicyclic) bond motifs is 2. The predicted molar refractivity (Wildman–Crippen MR) is 130 cm³/mol. The Kier molecular flexibility index (Phi) is 10.3. The van der Waals surface area contributed by atoms with Crippen molar-refractivity contribution in [2.45, 2.75) is 31.7 Å². The minimum Gasteiger partial charge on any atom is -0.482 e. The molecule has 4 atom stereocenters. The van der Waals surface area contributed by atoms with Gasteiger partial charge < -0.3 is 20.3 Å². The second-order valence-corrected chi connectivity index (χ2v) is 7.85. The molecule has 2 rings (SSSR count). The largest absolute Gasteiger partial charge is 0.482 e. The van der Waals surface area contributed by atoms with Crippen LogP contribution >= 0.6 is 0 Å². The molecule has 1 unspecified atom stereocenters. The minimum absolute atomic E-state index is 0.00617. The normalized spacial score (nSPS) is 38.7. The molecule has 6 nitrogen and oxygen atoms in total. The van der Waals surface area contributed by atoms with Crippen LogP contribution in [0.25, 0.3) is 0 Å². The zero-order valence-electron chi connectivity index (χ0n) is 18.9. The Morgan fingerprint density at radius 3 is 2.15 bits per heavy atom. The number of aliphatic hydroxyl groups excluding tert-OH is 2. The molecule has 1 fully saturated rings. The van der Waals surface area contributed by atoms with Crippen molar-refractivity contribution >= 4 is 11.7 Å². The van der Waals surface area contributed by atoms with Crippen LogP contribution in [0.15, 0.2) is 109 Å². The molecule has 33 heavy (non-hydrogen) atoms. The Balaban J connectivity index is 2.19. The number of carbonyl (C=O) groups is 2. The topological polar surface area (TPSA) is 95.9 Å². The predicted octanol–water partition coefficient (Wildman–Crippen LogP) is 3.17. The molecule has 0 radical (unpaired) electrons. The van der Waals surface area contributed by atoms with E-state index in [9.17, 15) is 19.8 Å². The number of allylic oxidation sites excluding steroid dienone is 14. The molecule has 3 N–H and O–H groups in total. The molecule has 2 bridgehead atoms. The first-order valence-electron chi connectivity index (χ1n) is 10.8. The molecular weight excluding hydrogens is 418 g/mol. The fraction of sp³-hybridized carbons (Fsp3) is 0.259. The highest BCUT2D eigenvalue weighted by molar-refractivity contribution is 5.99. The summed E-state index contributed by atoms with van der Waals surface area (Å²) >= 11 is 0. The molecule has 0 spiro atoms. The van der Waals surface area contributed by atoms with Crippen LogP contribution in [0.5, 0.6) is 0 Å². The number of ketones is 1. The Bertz CT molecular complexity index is 961. The lowest BCUT2D eigenvalue weighted by molar-refractivity contribution is -0.116. The van der Waals surface area contributed by atoms with Gasteiger partial charge in [-0.25, -0.2) is 0 Å².